The minimum absolute atomic E-state index is 0.0232. The van der Waals surface area contributed by atoms with Crippen LogP contribution in [-0.2, 0) is 24.1 Å². The average Bonchev–Trinajstić information content (AvgIpc) is 2.68. The first-order valence-corrected chi connectivity index (χ1v) is 11.1. The lowest BCUT2D eigenvalue weighted by atomic mass is 9.89. The van der Waals surface area contributed by atoms with Gasteiger partial charge in [0.2, 0.25) is 0 Å². The second-order valence-corrected chi connectivity index (χ2v) is 9.44. The number of benzene rings is 1. The fraction of sp³-hybridized carbons (Fsp3) is 0.421. The first kappa shape index (κ1) is 22.1. The summed E-state index contributed by atoms with van der Waals surface area (Å²) in [5.74, 6) is -1.77. The number of ketones is 2. The van der Waals surface area contributed by atoms with E-state index in [2.05, 4.69) is 4.36 Å². The molecule has 0 bridgehead atoms. The van der Waals surface area contributed by atoms with Gasteiger partial charge in [-0.2, -0.15) is 4.36 Å². The maximum absolute atomic E-state index is 12.8. The van der Waals surface area contributed by atoms with Gasteiger partial charge in [-0.25, -0.2) is 9.00 Å². The van der Waals surface area contributed by atoms with Gasteiger partial charge in [0.1, 0.15) is 17.0 Å². The van der Waals surface area contributed by atoms with Gasteiger partial charge in [-0.1, -0.05) is 25.4 Å². The van der Waals surface area contributed by atoms with Crippen LogP contribution in [0, 0.1) is 0 Å². The van der Waals surface area contributed by atoms with E-state index in [4.69, 9.17) is 16.3 Å². The molecule has 0 spiro atoms. The third-order valence-corrected chi connectivity index (χ3v) is 7.24. The Kier molecular flexibility index (Phi) is 7.01. The molecule has 1 aromatic carbocycles. The highest BCUT2D eigenvalue weighted by Gasteiger charge is 2.30. The fourth-order valence-corrected chi connectivity index (χ4v) is 4.36. The van der Waals surface area contributed by atoms with Crippen molar-refractivity contribution >= 4 is 50.3 Å². The number of carbonyl (C=O) groups is 3. The van der Waals surface area contributed by atoms with E-state index < -0.39 is 33.0 Å². The SMILES string of the molecule is CCS(=O)(CC)=Nc1c(C(=O)OC)ccc(C(O)=C2C(=O)CCCC2=O)c1Cl. The Morgan fingerprint density at radius 3 is 2.21 bits per heavy atom. The van der Waals surface area contributed by atoms with Gasteiger partial charge in [0, 0.05) is 29.9 Å². The minimum Gasteiger partial charge on any atom is -0.506 e. The summed E-state index contributed by atoms with van der Waals surface area (Å²) in [5, 5.41) is 10.4. The van der Waals surface area contributed by atoms with Crippen LogP contribution in [0.15, 0.2) is 22.1 Å². The molecule has 9 heteroatoms. The van der Waals surface area contributed by atoms with Gasteiger partial charge in [-0.05, 0) is 18.6 Å². The van der Waals surface area contributed by atoms with Crippen molar-refractivity contribution in [2.24, 2.45) is 4.36 Å². The number of esters is 1. The van der Waals surface area contributed by atoms with Crippen molar-refractivity contribution in [3.63, 3.8) is 0 Å². The van der Waals surface area contributed by atoms with E-state index in [0.717, 1.165) is 0 Å². The third-order valence-electron chi connectivity index (χ3n) is 4.54. The van der Waals surface area contributed by atoms with Crippen LogP contribution in [0.4, 0.5) is 5.69 Å². The van der Waals surface area contributed by atoms with E-state index >= 15 is 0 Å². The molecule has 1 saturated carbocycles. The molecule has 1 fully saturated rings. The molecule has 0 radical (unpaired) electrons. The molecule has 0 unspecified atom stereocenters. The highest BCUT2D eigenvalue weighted by atomic mass is 35.5. The number of hydrogen-bond acceptors (Lipinski definition) is 7. The smallest absolute Gasteiger partial charge is 0.340 e. The molecule has 2 rings (SSSR count). The predicted octanol–water partition coefficient (Wildman–Crippen LogP) is 3.86. The number of aliphatic hydroxyl groups is 1. The number of methoxy groups -OCH3 is 1. The molecule has 0 amide bonds. The number of halogens is 1. The lowest BCUT2D eigenvalue weighted by Crippen LogP contribution is -2.20. The Bertz CT molecular complexity index is 960. The van der Waals surface area contributed by atoms with Crippen LogP contribution >= 0.6 is 11.6 Å². The maximum atomic E-state index is 12.8. The van der Waals surface area contributed by atoms with Crippen LogP contribution in [-0.4, -0.2) is 45.5 Å². The zero-order valence-corrected chi connectivity index (χ0v) is 17.5. The molecule has 1 N–H and O–H groups in total. The van der Waals surface area contributed by atoms with Crippen LogP contribution in [0.2, 0.25) is 5.02 Å². The zero-order valence-electron chi connectivity index (χ0n) is 15.9. The summed E-state index contributed by atoms with van der Waals surface area (Å²) in [6, 6.07) is 2.62. The molecule has 28 heavy (non-hydrogen) atoms. The average molecular weight is 428 g/mol. The summed E-state index contributed by atoms with van der Waals surface area (Å²) in [6.07, 6.45) is 0.735. The second-order valence-electron chi connectivity index (χ2n) is 6.18. The quantitative estimate of drug-likeness (QED) is 0.330. The van der Waals surface area contributed by atoms with E-state index in [1.165, 1.54) is 19.2 Å². The van der Waals surface area contributed by atoms with Gasteiger partial charge in [-0.3, -0.25) is 9.59 Å². The molecule has 1 aliphatic rings. The van der Waals surface area contributed by atoms with Crippen LogP contribution in [0.25, 0.3) is 5.76 Å². The number of nitrogens with zero attached hydrogens (tertiary/aromatic N) is 1. The zero-order chi connectivity index (χ0) is 21.1. The topological polar surface area (TPSA) is 110 Å². The highest BCUT2D eigenvalue weighted by molar-refractivity contribution is 7.93. The number of Topliss-reactive ketones (excluding diaryl/α,β-unsaturated/α-hetero) is 2. The van der Waals surface area contributed by atoms with Crippen molar-refractivity contribution in [2.75, 3.05) is 18.6 Å². The summed E-state index contributed by atoms with van der Waals surface area (Å²) in [4.78, 5) is 36.4. The molecular formula is C19H22ClNO6S. The molecule has 1 aliphatic carbocycles. The number of rotatable bonds is 5. The highest BCUT2D eigenvalue weighted by Crippen LogP contribution is 2.38. The summed E-state index contributed by atoms with van der Waals surface area (Å²) < 4.78 is 21.8. The van der Waals surface area contributed by atoms with Crippen molar-refractivity contribution in [1.82, 2.24) is 0 Å². The van der Waals surface area contributed by atoms with Crippen LogP contribution in [0.5, 0.6) is 0 Å². The van der Waals surface area contributed by atoms with E-state index in [1.54, 1.807) is 13.8 Å². The Morgan fingerprint density at radius 2 is 1.71 bits per heavy atom. The molecule has 0 heterocycles. The van der Waals surface area contributed by atoms with Gasteiger partial charge in [0.15, 0.2) is 11.6 Å². The van der Waals surface area contributed by atoms with Crippen molar-refractivity contribution < 1.29 is 28.4 Å². The van der Waals surface area contributed by atoms with E-state index in [9.17, 15) is 23.7 Å². The Hall–Kier alpha value is -2.19. The van der Waals surface area contributed by atoms with Gasteiger partial charge in [0.25, 0.3) is 0 Å². The molecule has 0 aliphatic heterocycles. The second kappa shape index (κ2) is 8.87. The summed E-state index contributed by atoms with van der Waals surface area (Å²) in [6.45, 7) is 3.40. The monoisotopic (exact) mass is 427 g/mol. The fourth-order valence-electron chi connectivity index (χ4n) is 2.82. The van der Waals surface area contributed by atoms with Gasteiger partial charge in [-0.15, -0.1) is 0 Å². The Morgan fingerprint density at radius 1 is 1.18 bits per heavy atom. The number of allylic oxidation sites excluding steroid dienone is 1. The van der Waals surface area contributed by atoms with Gasteiger partial charge < -0.3 is 9.84 Å². The number of hydrogen-bond donors (Lipinski definition) is 1. The minimum atomic E-state index is -2.69. The first-order chi connectivity index (χ1) is 13.2. The Labute approximate surface area is 168 Å². The standard InChI is InChI=1S/C19H22ClNO6S/c1-4-28(26,5-2)21-17-12(19(25)27-3)10-9-11(16(17)20)18(24)15-13(22)7-6-8-14(15)23/h9-10,24H,4-8H2,1-3H3. The van der Waals surface area contributed by atoms with Crippen molar-refractivity contribution in [1.29, 1.82) is 0 Å². The molecule has 7 nitrogen and oxygen atoms in total. The summed E-state index contributed by atoms with van der Waals surface area (Å²) in [7, 11) is -1.51. The van der Waals surface area contributed by atoms with Gasteiger partial charge in [0.05, 0.1) is 27.4 Å². The summed E-state index contributed by atoms with van der Waals surface area (Å²) in [5.41, 5.74) is -0.454. The van der Waals surface area contributed by atoms with Crippen LogP contribution in [0.1, 0.15) is 49.0 Å². The molecule has 0 saturated heterocycles. The molecule has 0 atom stereocenters. The molecule has 152 valence electrons. The van der Waals surface area contributed by atoms with E-state index in [0.29, 0.717) is 6.42 Å². The van der Waals surface area contributed by atoms with E-state index in [-0.39, 0.29) is 51.8 Å². The largest absolute Gasteiger partial charge is 0.506 e. The first-order valence-electron chi connectivity index (χ1n) is 8.82. The number of carbonyl (C=O) groups excluding carboxylic acids is 3. The van der Waals surface area contributed by atoms with Crippen LogP contribution in [0.3, 0.4) is 0 Å². The maximum Gasteiger partial charge on any atom is 0.340 e. The lowest BCUT2D eigenvalue weighted by Gasteiger charge is -2.16. The predicted molar refractivity (Wildman–Crippen MR) is 108 cm³/mol. The van der Waals surface area contributed by atoms with Gasteiger partial charge >= 0.3 is 5.97 Å². The third kappa shape index (κ3) is 4.28. The van der Waals surface area contributed by atoms with Crippen LogP contribution < -0.4 is 0 Å². The molecule has 1 aromatic rings. The van der Waals surface area contributed by atoms with E-state index in [1.807, 2.05) is 0 Å². The van der Waals surface area contributed by atoms with Crippen molar-refractivity contribution in [3.05, 3.63) is 33.9 Å². The van der Waals surface area contributed by atoms with Crippen molar-refractivity contribution in [3.8, 4) is 0 Å². The Balaban J connectivity index is 2.81. The molecule has 0 aromatic heterocycles. The van der Waals surface area contributed by atoms with Crippen molar-refractivity contribution in [2.45, 2.75) is 33.1 Å². The normalized spacial score (nSPS) is 14.8. The molecular weight excluding hydrogens is 406 g/mol. The summed E-state index contributed by atoms with van der Waals surface area (Å²) >= 11 is 6.40. The lowest BCUT2D eigenvalue weighted by molar-refractivity contribution is -0.123. The number of aliphatic hydroxyl groups excluding tert-OH is 1. The number of ether oxygens (including phenoxy) is 1.